The summed E-state index contributed by atoms with van der Waals surface area (Å²) in [7, 11) is 1.56. The molecule has 0 aliphatic heterocycles. The Morgan fingerprint density at radius 3 is 2.24 bits per heavy atom. The van der Waals surface area contributed by atoms with Crippen LogP contribution in [0.2, 0.25) is 0 Å². The normalized spacial score (nSPS) is 11.7. The average Bonchev–Trinajstić information content (AvgIpc) is 3.48. The van der Waals surface area contributed by atoms with Crippen LogP contribution in [0.5, 0.6) is 5.75 Å². The van der Waals surface area contributed by atoms with Crippen molar-refractivity contribution in [3.05, 3.63) is 143 Å². The van der Waals surface area contributed by atoms with E-state index in [4.69, 9.17) is 4.74 Å². The van der Waals surface area contributed by atoms with Crippen LogP contribution in [0.25, 0.3) is 6.08 Å². The lowest BCUT2D eigenvalue weighted by Crippen LogP contribution is -2.30. The summed E-state index contributed by atoms with van der Waals surface area (Å²) in [4.78, 5) is 44.9. The standard InChI is InChI=1S/C35H30N4O4S2/c1-23-22-44-35(36-23)39-34(42)31(25-11-5-3-6-12-25)45-29-18-16-27(17-19-29)37-33(41)30(21-24-10-9-15-28(20-24)43-2)38-32(40)26-13-7-4-8-14-26/h3-22,31H,1-2H3,(H,37,41)(H,38,40)(H,36,39,42)/b30-21-. The van der Waals surface area contributed by atoms with Gasteiger partial charge in [0.25, 0.3) is 11.8 Å². The number of aryl methyl sites for hydroxylation is 1. The van der Waals surface area contributed by atoms with Gasteiger partial charge >= 0.3 is 0 Å². The monoisotopic (exact) mass is 634 g/mol. The first-order valence-electron chi connectivity index (χ1n) is 14.0. The van der Waals surface area contributed by atoms with Gasteiger partial charge in [-0.25, -0.2) is 4.98 Å². The number of carbonyl (C=O) groups excluding carboxylic acids is 3. The Labute approximate surface area is 269 Å². The topological polar surface area (TPSA) is 109 Å². The number of amides is 3. The zero-order valence-corrected chi connectivity index (χ0v) is 26.2. The average molecular weight is 635 g/mol. The number of benzene rings is 4. The minimum atomic E-state index is -0.526. The Kier molecular flexibility index (Phi) is 10.4. The highest BCUT2D eigenvalue weighted by Gasteiger charge is 2.23. The molecular weight excluding hydrogens is 605 g/mol. The van der Waals surface area contributed by atoms with E-state index >= 15 is 0 Å². The first-order chi connectivity index (χ1) is 21.9. The molecule has 1 aromatic heterocycles. The fourth-order valence-electron chi connectivity index (χ4n) is 4.27. The van der Waals surface area contributed by atoms with Crippen molar-refractivity contribution in [1.82, 2.24) is 10.3 Å². The number of aromatic nitrogens is 1. The maximum atomic E-state index is 13.5. The number of anilines is 2. The van der Waals surface area contributed by atoms with Gasteiger partial charge in [0.15, 0.2) is 5.13 Å². The second kappa shape index (κ2) is 15.0. The van der Waals surface area contributed by atoms with Gasteiger partial charge in [-0.15, -0.1) is 23.1 Å². The third-order valence-electron chi connectivity index (χ3n) is 6.49. The first-order valence-corrected chi connectivity index (χ1v) is 15.7. The van der Waals surface area contributed by atoms with Crippen molar-refractivity contribution < 1.29 is 19.1 Å². The summed E-state index contributed by atoms with van der Waals surface area (Å²) in [5, 5.41) is 10.5. The van der Waals surface area contributed by atoms with Crippen LogP contribution >= 0.6 is 23.1 Å². The maximum absolute atomic E-state index is 13.5. The van der Waals surface area contributed by atoms with E-state index in [9.17, 15) is 14.4 Å². The molecule has 1 atom stereocenters. The number of thioether (sulfide) groups is 1. The van der Waals surface area contributed by atoms with Gasteiger partial charge in [0.1, 0.15) is 16.7 Å². The summed E-state index contributed by atoms with van der Waals surface area (Å²) in [6, 6.07) is 32.6. The van der Waals surface area contributed by atoms with Crippen molar-refractivity contribution in [3.63, 3.8) is 0 Å². The van der Waals surface area contributed by atoms with Crippen molar-refractivity contribution in [2.24, 2.45) is 0 Å². The molecule has 0 aliphatic rings. The molecule has 0 spiro atoms. The van der Waals surface area contributed by atoms with E-state index in [1.54, 1.807) is 67.8 Å². The number of hydrogen-bond acceptors (Lipinski definition) is 7. The highest BCUT2D eigenvalue weighted by molar-refractivity contribution is 8.00. The number of methoxy groups -OCH3 is 1. The summed E-state index contributed by atoms with van der Waals surface area (Å²) < 4.78 is 5.31. The van der Waals surface area contributed by atoms with Gasteiger partial charge in [-0.3, -0.25) is 14.4 Å². The number of hydrogen-bond donors (Lipinski definition) is 3. The zero-order valence-electron chi connectivity index (χ0n) is 24.5. The first kappa shape index (κ1) is 31.2. The summed E-state index contributed by atoms with van der Waals surface area (Å²) in [6.07, 6.45) is 1.59. The van der Waals surface area contributed by atoms with Crippen LogP contribution in [0.15, 0.2) is 125 Å². The SMILES string of the molecule is COc1cccc(/C=C(\NC(=O)c2ccccc2)C(=O)Nc2ccc(SC(C(=O)Nc3nc(C)cs3)c3ccccc3)cc2)c1. The Hall–Kier alpha value is -5.19. The molecule has 1 heterocycles. The molecule has 5 aromatic rings. The molecule has 4 aromatic carbocycles. The van der Waals surface area contributed by atoms with Crippen molar-refractivity contribution in [1.29, 1.82) is 0 Å². The second-order valence-corrected chi connectivity index (χ2v) is 11.9. The van der Waals surface area contributed by atoms with Gasteiger partial charge in [0.2, 0.25) is 5.91 Å². The minimum absolute atomic E-state index is 0.0637. The molecule has 45 heavy (non-hydrogen) atoms. The van der Waals surface area contributed by atoms with Crippen molar-refractivity contribution in [3.8, 4) is 5.75 Å². The molecule has 0 saturated heterocycles. The Morgan fingerprint density at radius 1 is 0.867 bits per heavy atom. The number of carbonyl (C=O) groups is 3. The van der Waals surface area contributed by atoms with Crippen molar-refractivity contribution in [2.75, 3.05) is 17.7 Å². The second-order valence-electron chi connectivity index (χ2n) is 9.83. The lowest BCUT2D eigenvalue weighted by atomic mass is 10.1. The van der Waals surface area contributed by atoms with Crippen molar-refractivity contribution >= 4 is 57.7 Å². The molecule has 226 valence electrons. The van der Waals surface area contributed by atoms with Gasteiger partial charge in [0.05, 0.1) is 12.8 Å². The summed E-state index contributed by atoms with van der Waals surface area (Å²) in [5.74, 6) is -0.470. The fourth-order valence-corrected chi connectivity index (χ4v) is 5.99. The van der Waals surface area contributed by atoms with E-state index in [-0.39, 0.29) is 11.6 Å². The molecule has 10 heteroatoms. The quantitative estimate of drug-likeness (QED) is 0.104. The lowest BCUT2D eigenvalue weighted by Gasteiger charge is -2.17. The Bertz CT molecular complexity index is 1810. The predicted octanol–water partition coefficient (Wildman–Crippen LogP) is 7.34. The van der Waals surface area contributed by atoms with E-state index < -0.39 is 17.1 Å². The highest BCUT2D eigenvalue weighted by Crippen LogP contribution is 2.37. The third-order valence-corrected chi connectivity index (χ3v) is 8.63. The smallest absolute Gasteiger partial charge is 0.272 e. The van der Waals surface area contributed by atoms with Crippen LogP contribution in [0.3, 0.4) is 0 Å². The molecule has 0 radical (unpaired) electrons. The Balaban J connectivity index is 1.33. The molecule has 3 N–H and O–H groups in total. The molecule has 0 bridgehead atoms. The van der Waals surface area contributed by atoms with Gasteiger partial charge in [0, 0.05) is 21.5 Å². The predicted molar refractivity (Wildman–Crippen MR) is 180 cm³/mol. The van der Waals surface area contributed by atoms with E-state index in [0.717, 1.165) is 16.2 Å². The van der Waals surface area contributed by atoms with Gasteiger partial charge in [-0.05, 0) is 72.7 Å². The lowest BCUT2D eigenvalue weighted by molar-refractivity contribution is -0.116. The molecular formula is C35H30N4O4S2. The molecule has 0 saturated carbocycles. The van der Waals surface area contributed by atoms with Crippen LogP contribution in [-0.4, -0.2) is 29.8 Å². The summed E-state index contributed by atoms with van der Waals surface area (Å²) in [5.41, 5.74) is 3.38. The molecule has 3 amide bonds. The van der Waals surface area contributed by atoms with Gasteiger partial charge in [-0.1, -0.05) is 60.7 Å². The molecule has 0 aliphatic carbocycles. The summed E-state index contributed by atoms with van der Waals surface area (Å²) in [6.45, 7) is 1.88. The minimum Gasteiger partial charge on any atom is -0.497 e. The van der Waals surface area contributed by atoms with E-state index in [1.807, 2.05) is 66.9 Å². The number of rotatable bonds is 11. The number of thiazole rings is 1. The van der Waals surface area contributed by atoms with Crippen LogP contribution in [0, 0.1) is 6.92 Å². The van der Waals surface area contributed by atoms with Crippen LogP contribution < -0.4 is 20.7 Å². The molecule has 5 rings (SSSR count). The number of nitrogens with zero attached hydrogens (tertiary/aromatic N) is 1. The number of ether oxygens (including phenoxy) is 1. The van der Waals surface area contributed by atoms with Crippen LogP contribution in [-0.2, 0) is 9.59 Å². The van der Waals surface area contributed by atoms with E-state index in [2.05, 4.69) is 20.9 Å². The maximum Gasteiger partial charge on any atom is 0.272 e. The van der Waals surface area contributed by atoms with Gasteiger partial charge < -0.3 is 20.7 Å². The van der Waals surface area contributed by atoms with E-state index in [0.29, 0.717) is 27.7 Å². The van der Waals surface area contributed by atoms with E-state index in [1.165, 1.54) is 23.1 Å². The fraction of sp³-hybridized carbons (Fsp3) is 0.0857. The van der Waals surface area contributed by atoms with Gasteiger partial charge in [-0.2, -0.15) is 0 Å². The summed E-state index contributed by atoms with van der Waals surface area (Å²) >= 11 is 2.77. The molecule has 0 fully saturated rings. The van der Waals surface area contributed by atoms with Crippen molar-refractivity contribution in [2.45, 2.75) is 17.1 Å². The Morgan fingerprint density at radius 2 is 1.58 bits per heavy atom. The molecule has 1 unspecified atom stereocenters. The third kappa shape index (κ3) is 8.69. The van der Waals surface area contributed by atoms with Crippen LogP contribution in [0.1, 0.15) is 32.4 Å². The molecule has 8 nitrogen and oxygen atoms in total. The largest absolute Gasteiger partial charge is 0.497 e. The highest BCUT2D eigenvalue weighted by atomic mass is 32.2. The number of nitrogens with one attached hydrogen (secondary N) is 3. The van der Waals surface area contributed by atoms with Crippen LogP contribution in [0.4, 0.5) is 10.8 Å². The zero-order chi connectivity index (χ0) is 31.6.